The van der Waals surface area contributed by atoms with Gasteiger partial charge in [0.25, 0.3) is 0 Å². The third kappa shape index (κ3) is 3.14. The minimum atomic E-state index is 0.428. The van der Waals surface area contributed by atoms with Crippen molar-refractivity contribution in [3.05, 3.63) is 54.4 Å². The summed E-state index contributed by atoms with van der Waals surface area (Å²) in [5.41, 5.74) is 7.63. The number of pyridine rings is 1. The van der Waals surface area contributed by atoms with Crippen LogP contribution in [0.15, 0.2) is 47.5 Å². The lowest BCUT2D eigenvalue weighted by molar-refractivity contribution is 0.518. The molecule has 0 saturated heterocycles. The van der Waals surface area contributed by atoms with Crippen LogP contribution in [0.5, 0.6) is 0 Å². The highest BCUT2D eigenvalue weighted by Crippen LogP contribution is 2.25. The SMILES string of the molecule is Cc1ccnc(Nc2ncnc(NCc3ccco3)c2N)c1. The van der Waals surface area contributed by atoms with Gasteiger partial charge in [-0.05, 0) is 36.8 Å². The fourth-order valence-corrected chi connectivity index (χ4v) is 1.95. The smallest absolute Gasteiger partial charge is 0.160 e. The summed E-state index contributed by atoms with van der Waals surface area (Å²) in [5, 5.41) is 6.22. The molecule has 0 radical (unpaired) electrons. The summed E-state index contributed by atoms with van der Waals surface area (Å²) in [6, 6.07) is 7.54. The molecule has 0 fully saturated rings. The zero-order chi connectivity index (χ0) is 15.4. The topological polar surface area (TPSA) is 102 Å². The van der Waals surface area contributed by atoms with Gasteiger partial charge in [0.2, 0.25) is 0 Å². The molecule has 0 saturated carbocycles. The molecule has 0 aliphatic heterocycles. The van der Waals surface area contributed by atoms with E-state index >= 15 is 0 Å². The van der Waals surface area contributed by atoms with Gasteiger partial charge in [0.05, 0.1) is 12.8 Å². The molecule has 22 heavy (non-hydrogen) atoms. The lowest BCUT2D eigenvalue weighted by atomic mass is 10.3. The molecule has 3 aromatic rings. The van der Waals surface area contributed by atoms with Crippen molar-refractivity contribution in [1.82, 2.24) is 15.0 Å². The third-order valence-corrected chi connectivity index (χ3v) is 3.06. The Morgan fingerprint density at radius 1 is 1.18 bits per heavy atom. The van der Waals surface area contributed by atoms with Crippen LogP contribution in [0.2, 0.25) is 0 Å². The predicted molar refractivity (Wildman–Crippen MR) is 84.7 cm³/mol. The number of nitrogens with two attached hydrogens (primary N) is 1. The average molecular weight is 296 g/mol. The van der Waals surface area contributed by atoms with Gasteiger partial charge in [-0.25, -0.2) is 15.0 Å². The zero-order valence-corrected chi connectivity index (χ0v) is 12.1. The van der Waals surface area contributed by atoms with Crippen LogP contribution in [0.1, 0.15) is 11.3 Å². The van der Waals surface area contributed by atoms with E-state index in [-0.39, 0.29) is 0 Å². The standard InChI is InChI=1S/C15H16N6O/c1-10-4-5-17-12(7-10)21-15-13(16)14(19-9-20-15)18-8-11-3-2-6-22-11/h2-7,9H,8,16H2,1H3,(H2,17,18,19,20,21). The van der Waals surface area contributed by atoms with Gasteiger partial charge >= 0.3 is 0 Å². The summed E-state index contributed by atoms with van der Waals surface area (Å²) in [6.45, 7) is 2.49. The maximum absolute atomic E-state index is 6.10. The molecule has 0 aliphatic carbocycles. The highest BCUT2D eigenvalue weighted by molar-refractivity contribution is 5.76. The normalized spacial score (nSPS) is 10.4. The minimum Gasteiger partial charge on any atom is -0.467 e. The maximum atomic E-state index is 6.10. The fraction of sp³-hybridized carbons (Fsp3) is 0.133. The molecular formula is C15H16N6O. The highest BCUT2D eigenvalue weighted by Gasteiger charge is 2.09. The summed E-state index contributed by atoms with van der Waals surface area (Å²) < 4.78 is 5.26. The number of nitrogens with zero attached hydrogens (tertiary/aromatic N) is 3. The van der Waals surface area contributed by atoms with E-state index in [1.54, 1.807) is 12.5 Å². The van der Waals surface area contributed by atoms with E-state index in [2.05, 4.69) is 25.6 Å². The van der Waals surface area contributed by atoms with Gasteiger partial charge in [-0.2, -0.15) is 0 Å². The first-order valence-electron chi connectivity index (χ1n) is 6.79. The number of nitrogen functional groups attached to an aromatic ring is 1. The Morgan fingerprint density at radius 3 is 2.82 bits per heavy atom. The van der Waals surface area contributed by atoms with Crippen molar-refractivity contribution in [3.8, 4) is 0 Å². The zero-order valence-electron chi connectivity index (χ0n) is 12.1. The second-order valence-electron chi connectivity index (χ2n) is 4.76. The quantitative estimate of drug-likeness (QED) is 0.665. The minimum absolute atomic E-state index is 0.428. The van der Waals surface area contributed by atoms with Crippen LogP contribution in [-0.2, 0) is 6.54 Å². The maximum Gasteiger partial charge on any atom is 0.160 e. The van der Waals surface area contributed by atoms with Crippen LogP contribution in [-0.4, -0.2) is 15.0 Å². The van der Waals surface area contributed by atoms with Crippen LogP contribution < -0.4 is 16.4 Å². The molecule has 0 aromatic carbocycles. The van der Waals surface area contributed by atoms with E-state index in [0.29, 0.717) is 29.7 Å². The summed E-state index contributed by atoms with van der Waals surface area (Å²) in [4.78, 5) is 12.5. The van der Waals surface area contributed by atoms with Gasteiger partial charge in [0, 0.05) is 6.20 Å². The Morgan fingerprint density at radius 2 is 2.05 bits per heavy atom. The van der Waals surface area contributed by atoms with E-state index in [4.69, 9.17) is 10.2 Å². The Kier molecular flexibility index (Phi) is 3.86. The van der Waals surface area contributed by atoms with E-state index in [1.165, 1.54) is 6.33 Å². The molecule has 0 amide bonds. The Labute approximate surface area is 127 Å². The van der Waals surface area contributed by atoms with Crippen molar-refractivity contribution in [2.45, 2.75) is 13.5 Å². The van der Waals surface area contributed by atoms with Crippen LogP contribution in [0.25, 0.3) is 0 Å². The van der Waals surface area contributed by atoms with Crippen LogP contribution in [0.3, 0.4) is 0 Å². The van der Waals surface area contributed by atoms with Gasteiger partial charge in [0.1, 0.15) is 23.6 Å². The number of aryl methyl sites for hydroxylation is 1. The van der Waals surface area contributed by atoms with Crippen molar-refractivity contribution >= 4 is 23.1 Å². The van der Waals surface area contributed by atoms with Crippen LogP contribution in [0.4, 0.5) is 23.1 Å². The number of nitrogens with one attached hydrogen (secondary N) is 2. The van der Waals surface area contributed by atoms with E-state index in [9.17, 15) is 0 Å². The van der Waals surface area contributed by atoms with Crippen molar-refractivity contribution in [2.24, 2.45) is 0 Å². The van der Waals surface area contributed by atoms with Gasteiger partial charge in [-0.1, -0.05) is 0 Å². The van der Waals surface area contributed by atoms with Crippen molar-refractivity contribution < 1.29 is 4.42 Å². The summed E-state index contributed by atoms with van der Waals surface area (Å²) in [5.74, 6) is 2.53. The predicted octanol–water partition coefficient (Wildman–Crippen LogP) is 2.71. The van der Waals surface area contributed by atoms with Crippen LogP contribution >= 0.6 is 0 Å². The molecule has 0 spiro atoms. The molecule has 0 aliphatic rings. The molecule has 3 rings (SSSR count). The van der Waals surface area contributed by atoms with Crippen molar-refractivity contribution in [1.29, 1.82) is 0 Å². The first kappa shape index (κ1) is 13.9. The van der Waals surface area contributed by atoms with E-state index in [0.717, 1.165) is 11.3 Å². The molecule has 0 bridgehead atoms. The van der Waals surface area contributed by atoms with Gasteiger partial charge in [-0.3, -0.25) is 0 Å². The Balaban J connectivity index is 1.76. The number of hydrogen-bond acceptors (Lipinski definition) is 7. The molecule has 0 atom stereocenters. The highest BCUT2D eigenvalue weighted by atomic mass is 16.3. The summed E-state index contributed by atoms with van der Waals surface area (Å²) in [6.07, 6.45) is 4.79. The second-order valence-corrected chi connectivity index (χ2v) is 4.76. The van der Waals surface area contributed by atoms with E-state index < -0.39 is 0 Å². The number of hydrogen-bond donors (Lipinski definition) is 3. The molecule has 0 unspecified atom stereocenters. The average Bonchev–Trinajstić information content (AvgIpc) is 3.02. The number of aromatic nitrogens is 3. The number of rotatable bonds is 5. The molecule has 112 valence electrons. The first-order valence-corrected chi connectivity index (χ1v) is 6.79. The molecule has 7 heteroatoms. The molecule has 3 heterocycles. The number of anilines is 4. The third-order valence-electron chi connectivity index (χ3n) is 3.06. The summed E-state index contributed by atoms with van der Waals surface area (Å²) in [7, 11) is 0. The van der Waals surface area contributed by atoms with Crippen molar-refractivity contribution in [3.63, 3.8) is 0 Å². The monoisotopic (exact) mass is 296 g/mol. The molecule has 4 N–H and O–H groups in total. The lowest BCUT2D eigenvalue weighted by Gasteiger charge is -2.11. The largest absolute Gasteiger partial charge is 0.467 e. The second kappa shape index (κ2) is 6.13. The van der Waals surface area contributed by atoms with Gasteiger partial charge in [-0.15, -0.1) is 0 Å². The van der Waals surface area contributed by atoms with Crippen molar-refractivity contribution in [2.75, 3.05) is 16.4 Å². The molecule has 3 aromatic heterocycles. The van der Waals surface area contributed by atoms with Gasteiger partial charge < -0.3 is 20.8 Å². The molecular weight excluding hydrogens is 280 g/mol. The van der Waals surface area contributed by atoms with E-state index in [1.807, 2.05) is 31.2 Å². The van der Waals surface area contributed by atoms with Crippen LogP contribution in [0, 0.1) is 6.92 Å². The Hall–Kier alpha value is -3.09. The van der Waals surface area contributed by atoms with Gasteiger partial charge in [0.15, 0.2) is 11.6 Å². The lowest BCUT2D eigenvalue weighted by Crippen LogP contribution is -2.08. The fourth-order valence-electron chi connectivity index (χ4n) is 1.95. The molecule has 7 nitrogen and oxygen atoms in total. The summed E-state index contributed by atoms with van der Waals surface area (Å²) >= 11 is 0. The first-order chi connectivity index (χ1) is 10.7. The Bertz CT molecular complexity index is 756. The number of furan rings is 1.